The van der Waals surface area contributed by atoms with E-state index in [1.165, 1.54) is 37.7 Å². The van der Waals surface area contributed by atoms with Crippen LogP contribution < -0.4 is 5.30 Å². The van der Waals surface area contributed by atoms with Crippen molar-refractivity contribution in [2.45, 2.75) is 26.2 Å². The Morgan fingerprint density at radius 3 is 2.21 bits per heavy atom. The Kier molecular flexibility index (Phi) is 3.23. The van der Waals surface area contributed by atoms with Gasteiger partial charge in [-0.2, -0.15) is 0 Å². The van der Waals surface area contributed by atoms with Crippen molar-refractivity contribution in [1.82, 2.24) is 0 Å². The van der Waals surface area contributed by atoms with E-state index in [0.717, 1.165) is 0 Å². The molecule has 0 nitrogen and oxygen atoms in total. The van der Waals surface area contributed by atoms with E-state index in [4.69, 9.17) is 0 Å². The van der Waals surface area contributed by atoms with Gasteiger partial charge in [0.2, 0.25) is 0 Å². The van der Waals surface area contributed by atoms with Crippen molar-refractivity contribution in [2.75, 3.05) is 18.5 Å². The van der Waals surface area contributed by atoms with E-state index in [-0.39, 0.29) is 0 Å². The van der Waals surface area contributed by atoms with E-state index in [2.05, 4.69) is 37.3 Å². The molecule has 14 heavy (non-hydrogen) atoms. The normalized spacial score (nSPS) is 22.9. The Morgan fingerprint density at radius 1 is 1.00 bits per heavy atom. The first-order valence-corrected chi connectivity index (χ1v) is 8.55. The molecule has 1 heterocycles. The summed E-state index contributed by atoms with van der Waals surface area (Å²) >= 11 is 0. The van der Waals surface area contributed by atoms with Gasteiger partial charge in [0.05, 0.1) is 0 Å². The summed E-state index contributed by atoms with van der Waals surface area (Å²) in [6.07, 6.45) is 8.95. The third kappa shape index (κ3) is 1.86. The van der Waals surface area contributed by atoms with Crippen LogP contribution in [0.4, 0.5) is 0 Å². The fourth-order valence-corrected chi connectivity index (χ4v) is 7.56. The SMILES string of the molecule is CC[PH]1(c2ccccc2)CCCCC1. The monoisotopic (exact) mass is 208 g/mol. The Morgan fingerprint density at radius 2 is 1.64 bits per heavy atom. The van der Waals surface area contributed by atoms with Gasteiger partial charge in [0.1, 0.15) is 0 Å². The average molecular weight is 208 g/mol. The molecule has 1 aliphatic rings. The van der Waals surface area contributed by atoms with Gasteiger partial charge in [0, 0.05) is 0 Å². The van der Waals surface area contributed by atoms with Crippen molar-refractivity contribution in [1.29, 1.82) is 0 Å². The minimum absolute atomic E-state index is 1.03. The third-order valence-corrected chi connectivity index (χ3v) is 9.41. The Hall–Kier alpha value is -0.350. The molecule has 0 amide bonds. The molecule has 0 N–H and O–H groups in total. The molecular weight excluding hydrogens is 187 g/mol. The molecule has 1 fully saturated rings. The van der Waals surface area contributed by atoms with Crippen molar-refractivity contribution in [3.63, 3.8) is 0 Å². The molecule has 1 heteroatoms. The van der Waals surface area contributed by atoms with Crippen molar-refractivity contribution < 1.29 is 0 Å². The first kappa shape index (κ1) is 10.2. The van der Waals surface area contributed by atoms with E-state index < -0.39 is 7.26 Å². The second kappa shape index (κ2) is 4.45. The molecule has 0 radical (unpaired) electrons. The van der Waals surface area contributed by atoms with Crippen molar-refractivity contribution >= 4 is 12.6 Å². The van der Waals surface area contributed by atoms with Gasteiger partial charge in [0.15, 0.2) is 0 Å². The van der Waals surface area contributed by atoms with Crippen LogP contribution in [0, 0.1) is 0 Å². The van der Waals surface area contributed by atoms with Gasteiger partial charge in [-0.1, -0.05) is 0 Å². The molecule has 0 aliphatic carbocycles. The summed E-state index contributed by atoms with van der Waals surface area (Å²) in [5.41, 5.74) is 0. The van der Waals surface area contributed by atoms with Crippen LogP contribution >= 0.6 is 7.26 Å². The number of hydrogen-bond acceptors (Lipinski definition) is 0. The molecule has 0 unspecified atom stereocenters. The quantitative estimate of drug-likeness (QED) is 0.654. The molecule has 0 bridgehead atoms. The number of benzene rings is 1. The summed E-state index contributed by atoms with van der Waals surface area (Å²) in [4.78, 5) is 0. The zero-order chi connectivity index (χ0) is 9.86. The topological polar surface area (TPSA) is 0 Å². The molecule has 78 valence electrons. The molecule has 2 rings (SSSR count). The second-order valence-electron chi connectivity index (χ2n) is 4.56. The molecule has 1 aromatic rings. The number of rotatable bonds is 2. The zero-order valence-corrected chi connectivity index (χ0v) is 10.1. The van der Waals surface area contributed by atoms with E-state index in [1.54, 1.807) is 5.30 Å². The van der Waals surface area contributed by atoms with Crippen molar-refractivity contribution in [3.05, 3.63) is 30.3 Å². The summed E-state index contributed by atoms with van der Waals surface area (Å²) in [6.45, 7) is 2.41. The van der Waals surface area contributed by atoms with Crippen LogP contribution in [0.5, 0.6) is 0 Å². The van der Waals surface area contributed by atoms with Crippen LogP contribution in [0.3, 0.4) is 0 Å². The van der Waals surface area contributed by atoms with Crippen molar-refractivity contribution in [3.8, 4) is 0 Å². The average Bonchev–Trinajstić information content (AvgIpc) is 2.31. The minimum atomic E-state index is -1.03. The van der Waals surface area contributed by atoms with Gasteiger partial charge in [-0.15, -0.1) is 0 Å². The van der Waals surface area contributed by atoms with E-state index in [0.29, 0.717) is 0 Å². The summed E-state index contributed by atoms with van der Waals surface area (Å²) in [6, 6.07) is 11.3. The maximum atomic E-state index is 2.41. The van der Waals surface area contributed by atoms with Gasteiger partial charge in [-0.3, -0.25) is 0 Å². The fraction of sp³-hybridized carbons (Fsp3) is 0.538. The predicted octanol–water partition coefficient (Wildman–Crippen LogP) is 3.27. The van der Waals surface area contributed by atoms with Crippen molar-refractivity contribution in [2.24, 2.45) is 0 Å². The van der Waals surface area contributed by atoms with Gasteiger partial charge in [-0.05, 0) is 0 Å². The second-order valence-corrected chi connectivity index (χ2v) is 9.41. The van der Waals surface area contributed by atoms with Crippen LogP contribution in [0.25, 0.3) is 0 Å². The molecule has 0 atom stereocenters. The standard InChI is InChI=1S/C13H21P/c1-2-14(11-7-4-8-12-14)13-9-5-3-6-10-13/h3,5-6,9-10,14H,2,4,7-8,11-12H2,1H3. The molecule has 1 saturated heterocycles. The summed E-state index contributed by atoms with van der Waals surface area (Å²) in [7, 11) is -1.03. The summed E-state index contributed by atoms with van der Waals surface area (Å²) in [5, 5.41) is 1.71. The first-order chi connectivity index (χ1) is 6.87. The van der Waals surface area contributed by atoms with Gasteiger partial charge >= 0.3 is 87.6 Å². The molecule has 1 aromatic carbocycles. The zero-order valence-electron chi connectivity index (χ0n) is 9.13. The molecule has 1 aliphatic heterocycles. The van der Waals surface area contributed by atoms with E-state index >= 15 is 0 Å². The number of hydrogen-bond donors (Lipinski definition) is 0. The molecule has 0 spiro atoms. The van der Waals surface area contributed by atoms with Gasteiger partial charge in [-0.25, -0.2) is 0 Å². The predicted molar refractivity (Wildman–Crippen MR) is 68.5 cm³/mol. The fourth-order valence-electron chi connectivity index (χ4n) is 2.87. The Bertz CT molecular complexity index is 273. The van der Waals surface area contributed by atoms with Gasteiger partial charge < -0.3 is 0 Å². The third-order valence-electron chi connectivity index (χ3n) is 3.87. The Balaban J connectivity index is 2.27. The van der Waals surface area contributed by atoms with E-state index in [1.807, 2.05) is 0 Å². The first-order valence-electron chi connectivity index (χ1n) is 5.93. The molecule has 0 saturated carbocycles. The van der Waals surface area contributed by atoms with Crippen LogP contribution in [0.1, 0.15) is 26.2 Å². The molecular formula is C13H21P. The van der Waals surface area contributed by atoms with Crippen LogP contribution in [-0.4, -0.2) is 18.5 Å². The van der Waals surface area contributed by atoms with Gasteiger partial charge in [0.25, 0.3) is 0 Å². The summed E-state index contributed by atoms with van der Waals surface area (Å²) < 4.78 is 0. The summed E-state index contributed by atoms with van der Waals surface area (Å²) in [5.74, 6) is 0. The van der Waals surface area contributed by atoms with Crippen LogP contribution in [-0.2, 0) is 0 Å². The van der Waals surface area contributed by atoms with Crippen LogP contribution in [0.15, 0.2) is 30.3 Å². The van der Waals surface area contributed by atoms with E-state index in [9.17, 15) is 0 Å². The molecule has 0 aromatic heterocycles. The van der Waals surface area contributed by atoms with Crippen LogP contribution in [0.2, 0.25) is 0 Å². The Labute approximate surface area is 88.1 Å². The maximum absolute atomic E-state index is 2.41.